The highest BCUT2D eigenvalue weighted by Crippen LogP contribution is 2.22. The number of carbonyl (C=O) groups is 3. The Labute approximate surface area is 125 Å². The van der Waals surface area contributed by atoms with Gasteiger partial charge >= 0.3 is 18.0 Å². The van der Waals surface area contributed by atoms with Gasteiger partial charge in [-0.2, -0.15) is 0 Å². The molecule has 7 nitrogen and oxygen atoms in total. The number of carbonyl (C=O) groups excluding carboxylic acids is 2. The van der Waals surface area contributed by atoms with Gasteiger partial charge in [0.15, 0.2) is 0 Å². The number of methoxy groups -OCH3 is 1. The molecule has 8 heteroatoms. The Morgan fingerprint density at radius 2 is 2.14 bits per heavy atom. The molecule has 2 N–H and O–H groups in total. The van der Waals surface area contributed by atoms with E-state index in [1.54, 1.807) is 0 Å². The van der Waals surface area contributed by atoms with Gasteiger partial charge in [-0.15, -0.1) is 0 Å². The minimum absolute atomic E-state index is 0.0179. The normalized spacial score (nSPS) is 17.2. The van der Waals surface area contributed by atoms with Gasteiger partial charge in [0.05, 0.1) is 18.7 Å². The number of nitrogens with zero attached hydrogens (tertiary/aromatic N) is 1. The van der Waals surface area contributed by atoms with E-state index in [0.717, 1.165) is 13.2 Å². The van der Waals surface area contributed by atoms with Crippen molar-refractivity contribution in [3.63, 3.8) is 0 Å². The molecule has 1 aromatic rings. The summed E-state index contributed by atoms with van der Waals surface area (Å²) in [6.07, 6.45) is 0.357. The quantitative estimate of drug-likeness (QED) is 0.826. The van der Waals surface area contributed by atoms with Crippen LogP contribution < -0.4 is 5.32 Å². The first-order chi connectivity index (χ1) is 10.4. The number of hydrogen-bond acceptors (Lipinski definition) is 4. The Balaban J connectivity index is 2.14. The van der Waals surface area contributed by atoms with Crippen LogP contribution in [0, 0.1) is 11.7 Å². The molecule has 1 saturated heterocycles. The molecule has 1 unspecified atom stereocenters. The number of carboxylic acids is 1. The zero-order valence-corrected chi connectivity index (χ0v) is 11.8. The zero-order valence-electron chi connectivity index (χ0n) is 11.8. The lowest BCUT2D eigenvalue weighted by Crippen LogP contribution is -2.34. The molecule has 2 amide bonds. The highest BCUT2D eigenvalue weighted by Gasteiger charge is 2.31. The number of carboxylic acid groups (broad SMARTS) is 1. The fraction of sp³-hybridized carbons (Fsp3) is 0.357. The van der Waals surface area contributed by atoms with Crippen molar-refractivity contribution in [1.82, 2.24) is 4.90 Å². The second-order valence-corrected chi connectivity index (χ2v) is 4.85. The average Bonchev–Trinajstić information content (AvgIpc) is 2.97. The Kier molecular flexibility index (Phi) is 4.59. The number of benzene rings is 1. The van der Waals surface area contributed by atoms with Crippen LogP contribution in [0.15, 0.2) is 18.2 Å². The largest absolute Gasteiger partial charge is 0.481 e. The van der Waals surface area contributed by atoms with Gasteiger partial charge in [-0.1, -0.05) is 6.07 Å². The predicted molar refractivity (Wildman–Crippen MR) is 74.1 cm³/mol. The first-order valence-corrected chi connectivity index (χ1v) is 6.59. The van der Waals surface area contributed by atoms with Crippen LogP contribution in [0.4, 0.5) is 14.9 Å². The maximum Gasteiger partial charge on any atom is 0.342 e. The van der Waals surface area contributed by atoms with Crippen molar-refractivity contribution in [2.24, 2.45) is 5.92 Å². The van der Waals surface area contributed by atoms with Gasteiger partial charge < -0.3 is 20.1 Å². The predicted octanol–water partition coefficient (Wildman–Crippen LogP) is 1.55. The molecule has 118 valence electrons. The number of amides is 2. The minimum atomic E-state index is -0.962. The van der Waals surface area contributed by atoms with Gasteiger partial charge in [-0.25, -0.2) is 14.0 Å². The van der Waals surface area contributed by atoms with Crippen LogP contribution in [0.5, 0.6) is 0 Å². The second-order valence-electron chi connectivity index (χ2n) is 4.85. The van der Waals surface area contributed by atoms with E-state index in [1.165, 1.54) is 17.0 Å². The van der Waals surface area contributed by atoms with E-state index in [2.05, 4.69) is 10.1 Å². The molecule has 22 heavy (non-hydrogen) atoms. The Hall–Kier alpha value is -2.64. The second kappa shape index (κ2) is 6.42. The number of anilines is 1. The summed E-state index contributed by atoms with van der Waals surface area (Å²) in [5.41, 5.74) is -0.386. The van der Waals surface area contributed by atoms with Crippen molar-refractivity contribution in [1.29, 1.82) is 0 Å². The Morgan fingerprint density at radius 3 is 2.73 bits per heavy atom. The van der Waals surface area contributed by atoms with Crippen LogP contribution >= 0.6 is 0 Å². The number of urea groups is 1. The third kappa shape index (κ3) is 3.16. The van der Waals surface area contributed by atoms with Gasteiger partial charge in [-0.3, -0.25) is 4.79 Å². The minimum Gasteiger partial charge on any atom is -0.481 e. The average molecular weight is 310 g/mol. The van der Waals surface area contributed by atoms with Gasteiger partial charge in [0.25, 0.3) is 0 Å². The maximum absolute atomic E-state index is 13.7. The SMILES string of the molecule is COC(=O)c1c(F)cccc1NC(=O)N1CCC(C(=O)O)C1. The van der Waals surface area contributed by atoms with Crippen LogP contribution in [0.2, 0.25) is 0 Å². The molecule has 2 rings (SSSR count). The third-order valence-corrected chi connectivity index (χ3v) is 3.47. The number of aliphatic carboxylic acids is 1. The summed E-state index contributed by atoms with van der Waals surface area (Å²) >= 11 is 0. The number of hydrogen-bond donors (Lipinski definition) is 2. The summed E-state index contributed by atoms with van der Waals surface area (Å²) in [4.78, 5) is 35.9. The fourth-order valence-corrected chi connectivity index (χ4v) is 2.28. The summed E-state index contributed by atoms with van der Waals surface area (Å²) in [6, 6.07) is 3.22. The van der Waals surface area contributed by atoms with E-state index in [1.807, 2.05) is 0 Å². The van der Waals surface area contributed by atoms with Gasteiger partial charge in [0.2, 0.25) is 0 Å². The molecule has 0 aromatic heterocycles. The lowest BCUT2D eigenvalue weighted by atomic mass is 10.1. The van der Waals surface area contributed by atoms with Gasteiger partial charge in [0, 0.05) is 13.1 Å². The highest BCUT2D eigenvalue weighted by atomic mass is 19.1. The van der Waals surface area contributed by atoms with E-state index in [-0.39, 0.29) is 24.3 Å². The van der Waals surface area contributed by atoms with Crippen LogP contribution in [-0.4, -0.2) is 48.2 Å². The highest BCUT2D eigenvalue weighted by molar-refractivity contribution is 6.01. The van der Waals surface area contributed by atoms with Crippen LogP contribution in [-0.2, 0) is 9.53 Å². The van der Waals surface area contributed by atoms with Crippen molar-refractivity contribution in [2.75, 3.05) is 25.5 Å². The molecule has 1 aromatic carbocycles. The van der Waals surface area contributed by atoms with Crippen molar-refractivity contribution < 1.29 is 28.6 Å². The van der Waals surface area contributed by atoms with E-state index in [0.29, 0.717) is 6.42 Å². The molecule has 1 atom stereocenters. The first-order valence-electron chi connectivity index (χ1n) is 6.59. The van der Waals surface area contributed by atoms with Gasteiger partial charge in [0.1, 0.15) is 11.4 Å². The van der Waals surface area contributed by atoms with Crippen molar-refractivity contribution in [2.45, 2.75) is 6.42 Å². The number of rotatable bonds is 3. The molecule has 1 aliphatic rings. The van der Waals surface area contributed by atoms with Crippen LogP contribution in [0.25, 0.3) is 0 Å². The molecule has 0 bridgehead atoms. The Morgan fingerprint density at radius 1 is 1.41 bits per heavy atom. The van der Waals surface area contributed by atoms with Crippen LogP contribution in [0.1, 0.15) is 16.8 Å². The zero-order chi connectivity index (χ0) is 16.3. The number of halogens is 1. The third-order valence-electron chi connectivity index (χ3n) is 3.47. The maximum atomic E-state index is 13.7. The smallest absolute Gasteiger partial charge is 0.342 e. The Bertz CT molecular complexity index is 619. The van der Waals surface area contributed by atoms with Crippen LogP contribution in [0.3, 0.4) is 0 Å². The monoisotopic (exact) mass is 310 g/mol. The molecule has 1 aliphatic heterocycles. The van der Waals surface area contributed by atoms with Crippen molar-refractivity contribution in [3.05, 3.63) is 29.6 Å². The molecule has 1 fully saturated rings. The number of likely N-dealkylation sites (tertiary alicyclic amines) is 1. The van der Waals surface area contributed by atoms with E-state index in [9.17, 15) is 18.8 Å². The van der Waals surface area contributed by atoms with Crippen molar-refractivity contribution >= 4 is 23.7 Å². The molecule has 0 aliphatic carbocycles. The van der Waals surface area contributed by atoms with E-state index in [4.69, 9.17) is 5.11 Å². The molecule has 0 radical (unpaired) electrons. The number of nitrogens with one attached hydrogen (secondary N) is 1. The molecule has 0 spiro atoms. The number of ether oxygens (including phenoxy) is 1. The lowest BCUT2D eigenvalue weighted by molar-refractivity contribution is -0.141. The summed E-state index contributed by atoms with van der Waals surface area (Å²) in [5, 5.41) is 11.3. The van der Waals surface area contributed by atoms with Gasteiger partial charge in [-0.05, 0) is 18.6 Å². The van der Waals surface area contributed by atoms with Crippen molar-refractivity contribution in [3.8, 4) is 0 Å². The first kappa shape index (κ1) is 15.7. The topological polar surface area (TPSA) is 95.9 Å². The standard InChI is InChI=1S/C14H15FN2O5/c1-22-13(20)11-9(15)3-2-4-10(11)16-14(21)17-6-5-8(7-17)12(18)19/h2-4,8H,5-7H2,1H3,(H,16,21)(H,18,19). The summed E-state index contributed by atoms with van der Waals surface area (Å²) in [6.45, 7) is 0.357. The fourth-order valence-electron chi connectivity index (χ4n) is 2.28. The summed E-state index contributed by atoms with van der Waals surface area (Å²) < 4.78 is 18.2. The summed E-state index contributed by atoms with van der Waals surface area (Å²) in [5.74, 6) is -3.29. The molecule has 0 saturated carbocycles. The molecule has 1 heterocycles. The summed E-state index contributed by atoms with van der Waals surface area (Å²) in [7, 11) is 1.11. The van der Waals surface area contributed by atoms with E-state index < -0.39 is 29.7 Å². The lowest BCUT2D eigenvalue weighted by Gasteiger charge is -2.18. The molecular formula is C14H15FN2O5. The molecular weight excluding hydrogens is 295 g/mol. The van der Waals surface area contributed by atoms with E-state index >= 15 is 0 Å². The number of esters is 1.